The molecule has 1 aliphatic rings. The lowest BCUT2D eigenvalue weighted by Gasteiger charge is -2.33. The summed E-state index contributed by atoms with van der Waals surface area (Å²) in [6, 6.07) is 0. The lowest BCUT2D eigenvalue weighted by atomic mass is 9.94. The molecule has 94 valence electrons. The predicted octanol–water partition coefficient (Wildman–Crippen LogP) is 1.62. The fourth-order valence-corrected chi connectivity index (χ4v) is 2.52. The predicted molar refractivity (Wildman–Crippen MR) is 69.7 cm³/mol. The quantitative estimate of drug-likeness (QED) is 0.754. The van der Waals surface area contributed by atoms with Crippen LogP contribution in [-0.2, 0) is 7.05 Å². The molecule has 0 aliphatic carbocycles. The monoisotopic (exact) mass is 255 g/mol. The number of aryl methyl sites for hydroxylation is 1. The molecule has 0 aromatic carbocycles. The van der Waals surface area contributed by atoms with Crippen molar-refractivity contribution in [3.05, 3.63) is 22.7 Å². The van der Waals surface area contributed by atoms with Gasteiger partial charge in [-0.2, -0.15) is 0 Å². The van der Waals surface area contributed by atoms with Gasteiger partial charge in [0.15, 0.2) is 5.82 Å². The van der Waals surface area contributed by atoms with Crippen molar-refractivity contribution in [2.75, 3.05) is 18.0 Å². The molecule has 0 spiro atoms. The molecule has 0 radical (unpaired) electrons. The van der Waals surface area contributed by atoms with Crippen LogP contribution in [0.1, 0.15) is 19.8 Å². The zero-order valence-electron chi connectivity index (χ0n) is 10.3. The maximum Gasteiger partial charge on any atom is 0.293 e. The Morgan fingerprint density at radius 2 is 2.12 bits per heavy atom. The van der Waals surface area contributed by atoms with Gasteiger partial charge in [-0.05, 0) is 25.7 Å². The number of aromatic nitrogens is 2. The maximum atomic E-state index is 11.9. The molecule has 0 bridgehead atoms. The van der Waals surface area contributed by atoms with Gasteiger partial charge in [0, 0.05) is 37.9 Å². The van der Waals surface area contributed by atoms with E-state index in [0.717, 1.165) is 25.9 Å². The van der Waals surface area contributed by atoms with Crippen molar-refractivity contribution in [2.24, 2.45) is 13.0 Å². The van der Waals surface area contributed by atoms with Gasteiger partial charge in [0.05, 0.1) is 0 Å². The maximum absolute atomic E-state index is 11.9. The number of hydrogen-bond donors (Lipinski definition) is 0. The Morgan fingerprint density at radius 1 is 1.47 bits per heavy atom. The third-order valence-corrected chi connectivity index (χ3v) is 3.84. The number of hydrogen-bond acceptors (Lipinski definition) is 3. The van der Waals surface area contributed by atoms with E-state index in [1.807, 2.05) is 6.92 Å². The zero-order chi connectivity index (χ0) is 12.4. The number of anilines is 1. The number of rotatable bonds is 2. The number of halogens is 1. The van der Waals surface area contributed by atoms with E-state index in [0.29, 0.717) is 11.7 Å². The van der Waals surface area contributed by atoms with E-state index in [4.69, 9.17) is 11.6 Å². The first-order chi connectivity index (χ1) is 8.09. The summed E-state index contributed by atoms with van der Waals surface area (Å²) in [4.78, 5) is 18.2. The summed E-state index contributed by atoms with van der Waals surface area (Å²) in [6.45, 7) is 3.78. The van der Waals surface area contributed by atoms with Gasteiger partial charge in [0.25, 0.3) is 5.56 Å². The molecular formula is C12H18ClN3O. The summed E-state index contributed by atoms with van der Waals surface area (Å²) >= 11 is 6.11. The Hall–Kier alpha value is -1.03. The second-order valence-electron chi connectivity index (χ2n) is 4.67. The van der Waals surface area contributed by atoms with Gasteiger partial charge >= 0.3 is 0 Å². The number of alkyl halides is 1. The van der Waals surface area contributed by atoms with E-state index < -0.39 is 0 Å². The normalized spacial score (nSPS) is 19.4. The second-order valence-corrected chi connectivity index (χ2v) is 5.36. The van der Waals surface area contributed by atoms with Crippen LogP contribution in [0.2, 0.25) is 0 Å². The smallest absolute Gasteiger partial charge is 0.293 e. The van der Waals surface area contributed by atoms with E-state index in [9.17, 15) is 4.79 Å². The lowest BCUT2D eigenvalue weighted by Crippen LogP contribution is -2.40. The van der Waals surface area contributed by atoms with Crippen molar-refractivity contribution >= 4 is 17.4 Å². The molecule has 0 N–H and O–H groups in total. The zero-order valence-corrected chi connectivity index (χ0v) is 11.0. The fraction of sp³-hybridized carbons (Fsp3) is 0.667. The summed E-state index contributed by atoms with van der Waals surface area (Å²) < 4.78 is 1.57. The Bertz CT molecular complexity index is 436. The number of piperidine rings is 1. The lowest BCUT2D eigenvalue weighted by molar-refractivity contribution is 0.398. The largest absolute Gasteiger partial charge is 0.352 e. The van der Waals surface area contributed by atoms with Crippen molar-refractivity contribution < 1.29 is 0 Å². The van der Waals surface area contributed by atoms with Gasteiger partial charge in [0.2, 0.25) is 0 Å². The van der Waals surface area contributed by atoms with Crippen LogP contribution in [0.25, 0.3) is 0 Å². The summed E-state index contributed by atoms with van der Waals surface area (Å²) in [5, 5.41) is 0.212. The van der Waals surface area contributed by atoms with Gasteiger partial charge in [-0.3, -0.25) is 4.79 Å². The molecular weight excluding hydrogens is 238 g/mol. The van der Waals surface area contributed by atoms with Crippen LogP contribution in [0.3, 0.4) is 0 Å². The van der Waals surface area contributed by atoms with Crippen LogP contribution < -0.4 is 10.5 Å². The molecule has 1 atom stereocenters. The molecule has 17 heavy (non-hydrogen) atoms. The van der Waals surface area contributed by atoms with Crippen LogP contribution in [-0.4, -0.2) is 28.0 Å². The molecule has 1 aromatic heterocycles. The molecule has 1 saturated heterocycles. The van der Waals surface area contributed by atoms with Crippen molar-refractivity contribution in [1.29, 1.82) is 0 Å². The standard InChI is InChI=1S/C12H18ClN3O/c1-9(13)10-3-6-16(7-4-10)11-12(17)15(2)8-5-14-11/h5,8-10H,3-4,6-7H2,1-2H3. The molecule has 2 heterocycles. The van der Waals surface area contributed by atoms with Crippen LogP contribution in [0.15, 0.2) is 17.2 Å². The van der Waals surface area contributed by atoms with E-state index >= 15 is 0 Å². The number of nitrogens with zero attached hydrogens (tertiary/aromatic N) is 3. The van der Waals surface area contributed by atoms with Crippen molar-refractivity contribution in [1.82, 2.24) is 9.55 Å². The van der Waals surface area contributed by atoms with Crippen LogP contribution in [0, 0.1) is 5.92 Å². The minimum Gasteiger partial charge on any atom is -0.352 e. The molecule has 5 heteroatoms. The molecule has 4 nitrogen and oxygen atoms in total. The summed E-state index contributed by atoms with van der Waals surface area (Å²) in [7, 11) is 1.75. The first-order valence-corrected chi connectivity index (χ1v) is 6.44. The minimum atomic E-state index is -0.0233. The molecule has 0 amide bonds. The molecule has 1 unspecified atom stereocenters. The van der Waals surface area contributed by atoms with Gasteiger partial charge in [-0.15, -0.1) is 11.6 Å². The fourth-order valence-electron chi connectivity index (χ4n) is 2.27. The average Bonchev–Trinajstić information content (AvgIpc) is 2.33. The van der Waals surface area contributed by atoms with Crippen molar-refractivity contribution in [2.45, 2.75) is 25.1 Å². The Balaban J connectivity index is 2.11. The van der Waals surface area contributed by atoms with Crippen LogP contribution in [0.5, 0.6) is 0 Å². The third-order valence-electron chi connectivity index (χ3n) is 3.49. The summed E-state index contributed by atoms with van der Waals surface area (Å²) in [5.41, 5.74) is -0.0233. The molecule has 2 rings (SSSR count). The molecule has 0 saturated carbocycles. The van der Waals surface area contributed by atoms with Crippen molar-refractivity contribution in [3.8, 4) is 0 Å². The SMILES string of the molecule is CC(Cl)C1CCN(c2nccn(C)c2=O)CC1. The molecule has 1 aromatic rings. The highest BCUT2D eigenvalue weighted by Crippen LogP contribution is 2.25. The first-order valence-electron chi connectivity index (χ1n) is 6.00. The van der Waals surface area contributed by atoms with Gasteiger partial charge < -0.3 is 9.47 Å². The van der Waals surface area contributed by atoms with Crippen LogP contribution in [0.4, 0.5) is 5.82 Å². The average molecular weight is 256 g/mol. The van der Waals surface area contributed by atoms with Crippen molar-refractivity contribution in [3.63, 3.8) is 0 Å². The highest BCUT2D eigenvalue weighted by molar-refractivity contribution is 6.20. The van der Waals surface area contributed by atoms with Gasteiger partial charge in [-0.1, -0.05) is 0 Å². The van der Waals surface area contributed by atoms with Gasteiger partial charge in [0.1, 0.15) is 0 Å². The van der Waals surface area contributed by atoms with Crippen LogP contribution >= 0.6 is 11.6 Å². The summed E-state index contributed by atoms with van der Waals surface area (Å²) in [5.74, 6) is 1.12. The van der Waals surface area contributed by atoms with E-state index in [1.165, 1.54) is 0 Å². The third kappa shape index (κ3) is 2.63. The van der Waals surface area contributed by atoms with E-state index in [2.05, 4.69) is 9.88 Å². The Kier molecular flexibility index (Phi) is 3.72. The summed E-state index contributed by atoms with van der Waals surface area (Å²) in [6.07, 6.45) is 5.42. The molecule has 1 aliphatic heterocycles. The minimum absolute atomic E-state index is 0.0233. The first kappa shape index (κ1) is 12.4. The van der Waals surface area contributed by atoms with E-state index in [1.54, 1.807) is 24.0 Å². The highest BCUT2D eigenvalue weighted by atomic mass is 35.5. The molecule has 1 fully saturated rings. The Morgan fingerprint density at radius 3 is 2.71 bits per heavy atom. The van der Waals surface area contributed by atoms with Gasteiger partial charge in [-0.25, -0.2) is 4.98 Å². The topological polar surface area (TPSA) is 38.1 Å². The van der Waals surface area contributed by atoms with E-state index in [-0.39, 0.29) is 10.9 Å². The highest BCUT2D eigenvalue weighted by Gasteiger charge is 2.24. The Labute approximate surface area is 106 Å². The second kappa shape index (κ2) is 5.08.